The number of hydrogen-bond acceptors (Lipinski definition) is 4. The molecule has 4 heterocycles. The van der Waals surface area contributed by atoms with Crippen molar-refractivity contribution in [1.82, 2.24) is 35.4 Å². The van der Waals surface area contributed by atoms with Crippen molar-refractivity contribution in [2.75, 3.05) is 26.2 Å². The van der Waals surface area contributed by atoms with E-state index in [0.29, 0.717) is 18.0 Å². The third-order valence-corrected chi connectivity index (χ3v) is 6.11. The zero-order chi connectivity index (χ0) is 21.4. The van der Waals surface area contributed by atoms with Crippen molar-refractivity contribution in [3.8, 4) is 0 Å². The highest BCUT2D eigenvalue weighted by Crippen LogP contribution is 2.53. The van der Waals surface area contributed by atoms with Gasteiger partial charge < -0.3 is 9.80 Å². The summed E-state index contributed by atoms with van der Waals surface area (Å²) in [6, 6.07) is 1.26. The van der Waals surface area contributed by atoms with Crippen molar-refractivity contribution in [2.24, 2.45) is 11.3 Å². The van der Waals surface area contributed by atoms with Gasteiger partial charge in [-0.15, -0.1) is 0 Å². The van der Waals surface area contributed by atoms with Crippen LogP contribution in [0.25, 0.3) is 0 Å². The molecule has 11 heteroatoms. The number of nitrogens with zero attached hydrogens (tertiary/aromatic N) is 5. The van der Waals surface area contributed by atoms with Crippen LogP contribution >= 0.6 is 0 Å². The van der Waals surface area contributed by atoms with Gasteiger partial charge in [-0.25, -0.2) is 4.79 Å². The molecule has 8 nitrogen and oxygen atoms in total. The third kappa shape index (κ3) is 4.44. The minimum atomic E-state index is -4.39. The van der Waals surface area contributed by atoms with Crippen LogP contribution in [-0.2, 0) is 12.6 Å². The SMILES string of the molecule is Cc1cn[nH]n1.O=C(N1CCCC1)N1CC2(CC(Cc3cc(C(F)(F)F)n[nH]3)C2)C1. The smallest absolute Gasteiger partial charge is 0.325 e. The molecular weight excluding hydrogens is 399 g/mol. The van der Waals surface area contributed by atoms with Gasteiger partial charge in [0.1, 0.15) is 0 Å². The van der Waals surface area contributed by atoms with Crippen molar-refractivity contribution in [2.45, 2.75) is 45.2 Å². The molecule has 30 heavy (non-hydrogen) atoms. The number of aromatic nitrogens is 5. The van der Waals surface area contributed by atoms with Gasteiger partial charge in [-0.05, 0) is 51.0 Å². The second-order valence-electron chi connectivity index (χ2n) is 8.70. The number of rotatable bonds is 2. The molecule has 0 bridgehead atoms. The summed E-state index contributed by atoms with van der Waals surface area (Å²) in [5.41, 5.74) is 0.839. The Balaban J connectivity index is 0.000000313. The lowest BCUT2D eigenvalue weighted by atomic mass is 9.57. The molecule has 2 saturated heterocycles. The fourth-order valence-corrected chi connectivity index (χ4v) is 4.76. The van der Waals surface area contributed by atoms with E-state index < -0.39 is 11.9 Å². The van der Waals surface area contributed by atoms with Crippen LogP contribution in [0.2, 0.25) is 0 Å². The van der Waals surface area contributed by atoms with Gasteiger partial charge in [-0.1, -0.05) is 0 Å². The Morgan fingerprint density at radius 2 is 1.90 bits per heavy atom. The molecule has 3 fully saturated rings. The van der Waals surface area contributed by atoms with E-state index in [2.05, 4.69) is 25.6 Å². The lowest BCUT2D eigenvalue weighted by molar-refractivity contribution is -0.141. The Kier molecular flexibility index (Phi) is 5.46. The Labute approximate surface area is 172 Å². The molecule has 0 aromatic carbocycles. The molecule has 2 aromatic heterocycles. The van der Waals surface area contributed by atoms with Gasteiger partial charge in [-0.3, -0.25) is 5.10 Å². The predicted molar refractivity (Wildman–Crippen MR) is 101 cm³/mol. The topological polar surface area (TPSA) is 93.8 Å². The zero-order valence-corrected chi connectivity index (χ0v) is 16.9. The summed E-state index contributed by atoms with van der Waals surface area (Å²) >= 11 is 0. The number of carbonyl (C=O) groups is 1. The van der Waals surface area contributed by atoms with Crippen LogP contribution in [0.1, 0.15) is 42.8 Å². The van der Waals surface area contributed by atoms with E-state index in [0.717, 1.165) is 63.6 Å². The molecule has 3 aliphatic rings. The van der Waals surface area contributed by atoms with E-state index >= 15 is 0 Å². The number of aryl methyl sites for hydroxylation is 1. The largest absolute Gasteiger partial charge is 0.435 e. The monoisotopic (exact) mass is 425 g/mol. The Morgan fingerprint density at radius 3 is 2.40 bits per heavy atom. The maximum Gasteiger partial charge on any atom is 0.435 e. The highest BCUT2D eigenvalue weighted by Gasteiger charge is 2.54. The molecule has 5 rings (SSSR count). The molecule has 2 aliphatic heterocycles. The number of nitrogens with one attached hydrogen (secondary N) is 2. The normalized spacial score (nSPS) is 20.5. The molecule has 164 valence electrons. The maximum atomic E-state index is 12.5. The van der Waals surface area contributed by atoms with Crippen LogP contribution < -0.4 is 0 Å². The highest BCUT2D eigenvalue weighted by atomic mass is 19.4. The van der Waals surface area contributed by atoms with Gasteiger partial charge in [0.25, 0.3) is 0 Å². The van der Waals surface area contributed by atoms with E-state index in [-0.39, 0.29) is 11.4 Å². The summed E-state index contributed by atoms with van der Waals surface area (Å²) in [6.07, 6.45) is 2.03. The fourth-order valence-electron chi connectivity index (χ4n) is 4.76. The molecule has 2 N–H and O–H groups in total. The van der Waals surface area contributed by atoms with Crippen LogP contribution in [0.15, 0.2) is 12.3 Å². The summed E-state index contributed by atoms with van der Waals surface area (Å²) in [5, 5.41) is 15.5. The maximum absolute atomic E-state index is 12.5. The summed E-state index contributed by atoms with van der Waals surface area (Å²) < 4.78 is 37.6. The predicted octanol–water partition coefficient (Wildman–Crippen LogP) is 3.01. The van der Waals surface area contributed by atoms with E-state index in [4.69, 9.17) is 0 Å². The number of likely N-dealkylation sites (tertiary alicyclic amines) is 2. The molecule has 1 spiro atoms. The first-order valence-corrected chi connectivity index (χ1v) is 10.2. The molecular formula is C19H26F3N7O. The number of halogens is 3. The molecule has 1 aliphatic carbocycles. The van der Waals surface area contributed by atoms with E-state index in [9.17, 15) is 18.0 Å². The van der Waals surface area contributed by atoms with Crippen LogP contribution in [0.4, 0.5) is 18.0 Å². The zero-order valence-electron chi connectivity index (χ0n) is 16.9. The van der Waals surface area contributed by atoms with E-state index in [1.165, 1.54) is 0 Å². The summed E-state index contributed by atoms with van der Waals surface area (Å²) in [4.78, 5) is 16.1. The quantitative estimate of drug-likeness (QED) is 0.774. The summed E-state index contributed by atoms with van der Waals surface area (Å²) in [7, 11) is 0. The molecule has 2 amide bonds. The average Bonchev–Trinajstić information content (AvgIpc) is 3.36. The molecule has 0 unspecified atom stereocenters. The molecule has 1 saturated carbocycles. The van der Waals surface area contributed by atoms with E-state index in [1.54, 1.807) is 6.20 Å². The Bertz CT molecular complexity index is 844. The first kappa shape index (κ1) is 20.7. The Morgan fingerprint density at radius 1 is 1.20 bits per heavy atom. The van der Waals surface area contributed by atoms with E-state index in [1.807, 2.05) is 16.7 Å². The minimum absolute atomic E-state index is 0.157. The van der Waals surface area contributed by atoms with Gasteiger partial charge >= 0.3 is 12.2 Å². The molecule has 2 aromatic rings. The van der Waals surface area contributed by atoms with Crippen LogP contribution in [0.3, 0.4) is 0 Å². The number of H-pyrrole nitrogens is 2. The number of alkyl halides is 3. The number of aromatic amines is 2. The van der Waals surface area contributed by atoms with Crippen molar-refractivity contribution >= 4 is 6.03 Å². The van der Waals surface area contributed by atoms with Crippen LogP contribution in [0, 0.1) is 18.3 Å². The average molecular weight is 425 g/mol. The third-order valence-electron chi connectivity index (χ3n) is 6.11. The standard InChI is InChI=1S/C16H21F3N4O.C3H5N3/c17-16(18,19)13-6-12(20-21-13)5-11-7-15(8-11)9-23(10-15)14(24)22-3-1-2-4-22;1-3-2-4-6-5-3/h6,11H,1-5,7-10H2,(H,20,21);2H,1H3,(H,4,5,6). The summed E-state index contributed by atoms with van der Waals surface area (Å²) in [6.45, 7) is 5.22. The van der Waals surface area contributed by atoms with Gasteiger partial charge in [0.05, 0.1) is 11.9 Å². The lowest BCUT2D eigenvalue weighted by Gasteiger charge is -2.59. The Hall–Kier alpha value is -2.59. The van der Waals surface area contributed by atoms with Crippen LogP contribution in [-0.4, -0.2) is 67.6 Å². The lowest BCUT2D eigenvalue weighted by Crippen LogP contribution is -2.65. The van der Waals surface area contributed by atoms with Gasteiger partial charge in [0, 0.05) is 37.3 Å². The van der Waals surface area contributed by atoms with Gasteiger partial charge in [-0.2, -0.15) is 33.7 Å². The number of amides is 2. The van der Waals surface area contributed by atoms with Crippen molar-refractivity contribution in [3.63, 3.8) is 0 Å². The minimum Gasteiger partial charge on any atom is -0.325 e. The number of carbonyl (C=O) groups excluding carboxylic acids is 1. The van der Waals surface area contributed by atoms with Crippen molar-refractivity contribution in [3.05, 3.63) is 29.3 Å². The fraction of sp³-hybridized carbons (Fsp3) is 0.684. The van der Waals surface area contributed by atoms with Crippen molar-refractivity contribution < 1.29 is 18.0 Å². The van der Waals surface area contributed by atoms with Crippen molar-refractivity contribution in [1.29, 1.82) is 0 Å². The van der Waals surface area contributed by atoms with Gasteiger partial charge in [0.15, 0.2) is 5.69 Å². The second kappa shape index (κ2) is 7.92. The first-order valence-electron chi connectivity index (χ1n) is 10.2. The first-order chi connectivity index (χ1) is 14.2. The highest BCUT2D eigenvalue weighted by molar-refractivity contribution is 5.76. The molecule has 0 radical (unpaired) electrons. The number of hydrogen-bond donors (Lipinski definition) is 2. The van der Waals surface area contributed by atoms with Crippen LogP contribution in [0.5, 0.6) is 0 Å². The van der Waals surface area contributed by atoms with Gasteiger partial charge in [0.2, 0.25) is 0 Å². The summed E-state index contributed by atoms with van der Waals surface area (Å²) in [5.74, 6) is 0.385. The molecule has 0 atom stereocenters. The second-order valence-corrected chi connectivity index (χ2v) is 8.70. The number of urea groups is 1.